The second-order valence-electron chi connectivity index (χ2n) is 10.1. The van der Waals surface area contributed by atoms with Crippen molar-refractivity contribution in [1.29, 1.82) is 0 Å². The number of carbonyl (C=O) groups is 3. The van der Waals surface area contributed by atoms with Crippen molar-refractivity contribution in [2.45, 2.75) is 65.9 Å². The summed E-state index contributed by atoms with van der Waals surface area (Å²) in [5, 5.41) is 6.03. The predicted octanol–water partition coefficient (Wildman–Crippen LogP) is 4.13. The summed E-state index contributed by atoms with van der Waals surface area (Å²) in [5.41, 5.74) is 8.92. The minimum Gasteiger partial charge on any atom is -0.432 e. The molecule has 2 aromatic rings. The number of fused-ring (bicyclic) bond motifs is 1. The zero-order valence-electron chi connectivity index (χ0n) is 27.3. The summed E-state index contributed by atoms with van der Waals surface area (Å²) in [6.45, 7) is 7.89. The number of carbonyl (C=O) groups excluding carboxylic acids is 3. The van der Waals surface area contributed by atoms with Crippen molar-refractivity contribution < 1.29 is 61.2 Å². The molecule has 0 aliphatic heterocycles. The third kappa shape index (κ3) is 16.1. The number of aromatic nitrogens is 4. The molecule has 0 saturated carbocycles. The van der Waals surface area contributed by atoms with Gasteiger partial charge in [0, 0.05) is 11.5 Å². The van der Waals surface area contributed by atoms with Gasteiger partial charge in [-0.2, -0.15) is 0 Å². The fraction of sp³-hybridized carbons (Fsp3) is 0.692. The Bertz CT molecular complexity index is 1370. The van der Waals surface area contributed by atoms with Gasteiger partial charge in [-0.05, 0) is 40.1 Å². The van der Waals surface area contributed by atoms with Gasteiger partial charge in [-0.25, -0.2) is 24.5 Å². The van der Waals surface area contributed by atoms with Gasteiger partial charge >= 0.3 is 19.9 Å². The Hall–Kier alpha value is -4.10. The normalized spacial score (nSPS) is 12.1. The van der Waals surface area contributed by atoms with Crippen LogP contribution in [0.4, 0.5) is 15.4 Å². The molecule has 1 atom stereocenters. The summed E-state index contributed by atoms with van der Waals surface area (Å²) >= 11 is 0. The zero-order valence-corrected chi connectivity index (χ0v) is 28.2. The zero-order chi connectivity index (χ0) is 35.4. The van der Waals surface area contributed by atoms with Crippen LogP contribution >= 0.6 is 7.60 Å². The first-order valence-electron chi connectivity index (χ1n) is 14.7. The number of hydrogen-bond donors (Lipinski definition) is 1. The highest BCUT2D eigenvalue weighted by atomic mass is 31.2. The van der Waals surface area contributed by atoms with E-state index in [1.807, 2.05) is 0 Å². The third-order valence-corrected chi connectivity index (χ3v) is 6.85. The number of ether oxygens (including phenoxy) is 7. The molecule has 2 rings (SSSR count). The van der Waals surface area contributed by atoms with Crippen molar-refractivity contribution >= 4 is 42.8 Å². The van der Waals surface area contributed by atoms with E-state index < -0.39 is 58.2 Å². The highest BCUT2D eigenvalue weighted by Gasteiger charge is 2.29. The topological polar surface area (TPSA) is 256 Å². The van der Waals surface area contributed by atoms with Crippen LogP contribution in [0, 0.1) is 0 Å². The van der Waals surface area contributed by atoms with Gasteiger partial charge in [-0.1, -0.05) is 5.11 Å². The molecule has 2 heterocycles. The molecule has 0 aliphatic carbocycles. The summed E-state index contributed by atoms with van der Waals surface area (Å²) < 4.78 is 60.7. The van der Waals surface area contributed by atoms with E-state index in [9.17, 15) is 18.9 Å². The fourth-order valence-corrected chi connectivity index (χ4v) is 4.45. The van der Waals surface area contributed by atoms with E-state index in [2.05, 4.69) is 30.3 Å². The molecular weight excluding hydrogens is 663 g/mol. The van der Waals surface area contributed by atoms with Gasteiger partial charge in [0.25, 0.3) is 0 Å². The van der Waals surface area contributed by atoms with E-state index in [1.165, 1.54) is 12.7 Å². The van der Waals surface area contributed by atoms with Crippen molar-refractivity contribution in [1.82, 2.24) is 19.5 Å². The van der Waals surface area contributed by atoms with Gasteiger partial charge in [0.2, 0.25) is 19.5 Å². The van der Waals surface area contributed by atoms with Crippen LogP contribution < -0.4 is 5.32 Å². The molecule has 0 aromatic carbocycles. The number of amides is 1. The van der Waals surface area contributed by atoms with Crippen LogP contribution in [-0.4, -0.2) is 109 Å². The van der Waals surface area contributed by atoms with Gasteiger partial charge < -0.3 is 43.0 Å². The standard InChI is InChI=1S/C26H41N8O13P/c1-18(2)46-25(36)41-15-44-48(38,45-16-42-26(37)47-19(3)4)17-43-20(5)12-34-14-30-22-23(28-13-29-24(22)34)32-21(35)6-8-39-10-11-40-9-7-31-33-27/h13-14,18-20H,6-12,15-17H2,1-5H3,(H,28,29,32,35)/t20-/m1/s1. The first-order valence-corrected chi connectivity index (χ1v) is 16.4. The van der Waals surface area contributed by atoms with E-state index in [0.29, 0.717) is 17.8 Å². The van der Waals surface area contributed by atoms with Gasteiger partial charge in [0.1, 0.15) is 12.7 Å². The Morgan fingerprint density at radius 2 is 1.56 bits per heavy atom. The van der Waals surface area contributed by atoms with Crippen molar-refractivity contribution in [3.63, 3.8) is 0 Å². The molecule has 48 heavy (non-hydrogen) atoms. The minimum atomic E-state index is -4.16. The molecule has 0 radical (unpaired) electrons. The van der Waals surface area contributed by atoms with Crippen LogP contribution in [0.1, 0.15) is 41.0 Å². The van der Waals surface area contributed by atoms with Gasteiger partial charge in [-0.15, -0.1) is 0 Å². The molecule has 0 spiro atoms. The lowest BCUT2D eigenvalue weighted by Crippen LogP contribution is -2.20. The predicted molar refractivity (Wildman–Crippen MR) is 165 cm³/mol. The molecule has 21 nitrogen and oxygen atoms in total. The Morgan fingerprint density at radius 1 is 0.938 bits per heavy atom. The maximum absolute atomic E-state index is 13.3. The average molecular weight is 705 g/mol. The Morgan fingerprint density at radius 3 is 2.17 bits per heavy atom. The van der Waals surface area contributed by atoms with Crippen molar-refractivity contribution in [3.05, 3.63) is 23.1 Å². The number of nitrogens with one attached hydrogen (secondary N) is 1. The lowest BCUT2D eigenvalue weighted by Gasteiger charge is -2.21. The van der Waals surface area contributed by atoms with E-state index >= 15 is 0 Å². The van der Waals surface area contributed by atoms with Crippen LogP contribution in [0.15, 0.2) is 17.8 Å². The van der Waals surface area contributed by atoms with E-state index in [4.69, 9.17) is 47.7 Å². The van der Waals surface area contributed by atoms with E-state index in [-0.39, 0.29) is 51.1 Å². The van der Waals surface area contributed by atoms with Gasteiger partial charge in [0.15, 0.2) is 17.0 Å². The summed E-state index contributed by atoms with van der Waals surface area (Å²) in [6, 6.07) is 0. The molecule has 0 aliphatic rings. The molecule has 0 saturated heterocycles. The molecule has 0 unspecified atom stereocenters. The van der Waals surface area contributed by atoms with E-state index in [0.717, 1.165) is 0 Å². The van der Waals surface area contributed by atoms with Crippen LogP contribution in [0.2, 0.25) is 0 Å². The second-order valence-corrected chi connectivity index (χ2v) is 12.1. The van der Waals surface area contributed by atoms with Crippen LogP contribution in [0.25, 0.3) is 21.6 Å². The molecule has 0 fully saturated rings. The Kier molecular flexibility index (Phi) is 18.1. The molecule has 1 N–H and O–H groups in total. The number of anilines is 1. The Balaban J connectivity index is 1.91. The Labute approximate surface area is 276 Å². The highest BCUT2D eigenvalue weighted by Crippen LogP contribution is 2.48. The molecule has 268 valence electrons. The quantitative estimate of drug-likeness (QED) is 0.0324. The van der Waals surface area contributed by atoms with Gasteiger partial charge in [0.05, 0.1) is 64.0 Å². The second kappa shape index (κ2) is 21.7. The summed E-state index contributed by atoms with van der Waals surface area (Å²) in [4.78, 5) is 51.0. The molecular formula is C26H41N8O13P. The fourth-order valence-electron chi connectivity index (χ4n) is 3.36. The molecule has 1 amide bonds. The number of imidazole rings is 1. The summed E-state index contributed by atoms with van der Waals surface area (Å²) in [6.07, 6.45) is -1.49. The lowest BCUT2D eigenvalue weighted by molar-refractivity contribution is -0.117. The number of rotatable bonds is 23. The smallest absolute Gasteiger partial charge is 0.432 e. The summed E-state index contributed by atoms with van der Waals surface area (Å²) in [5.74, 6) is -0.166. The monoisotopic (exact) mass is 704 g/mol. The number of azide groups is 1. The van der Waals surface area contributed by atoms with Crippen LogP contribution in [0.5, 0.6) is 0 Å². The molecule has 0 bridgehead atoms. The molecule has 22 heteroatoms. The first kappa shape index (κ1) is 40.1. The van der Waals surface area contributed by atoms with Crippen molar-refractivity contribution in [3.8, 4) is 0 Å². The van der Waals surface area contributed by atoms with E-state index in [1.54, 1.807) is 39.2 Å². The van der Waals surface area contributed by atoms with Crippen LogP contribution in [0.3, 0.4) is 0 Å². The third-order valence-electron chi connectivity index (χ3n) is 5.39. The summed E-state index contributed by atoms with van der Waals surface area (Å²) in [7, 11) is -4.16. The molecule has 2 aromatic heterocycles. The number of nitrogens with zero attached hydrogens (tertiary/aromatic N) is 7. The van der Waals surface area contributed by atoms with Gasteiger partial charge in [-0.3, -0.25) is 18.4 Å². The van der Waals surface area contributed by atoms with Crippen LogP contribution in [-0.2, 0) is 58.1 Å². The maximum atomic E-state index is 13.3. The highest BCUT2D eigenvalue weighted by molar-refractivity contribution is 7.53. The average Bonchev–Trinajstić information content (AvgIpc) is 3.42. The lowest BCUT2D eigenvalue weighted by atomic mass is 10.4. The van der Waals surface area contributed by atoms with Crippen molar-refractivity contribution in [2.75, 3.05) is 58.2 Å². The SMILES string of the molecule is CC(C)OC(=O)OCOP(=O)(CO[C@H](C)Cn1cnc2c(NC(=O)CCOCCOCCN=[N+]=[N-])ncnc21)OCOC(=O)OC(C)C. The number of hydrogen-bond acceptors (Lipinski definition) is 17. The first-order chi connectivity index (χ1) is 22.9. The van der Waals surface area contributed by atoms with Crippen molar-refractivity contribution in [2.24, 2.45) is 5.11 Å². The maximum Gasteiger partial charge on any atom is 0.510 e. The minimum absolute atomic E-state index is 0.0495. The largest absolute Gasteiger partial charge is 0.510 e.